The van der Waals surface area contributed by atoms with Crippen LogP contribution in [0.5, 0.6) is 5.88 Å². The number of nitrogens with zero attached hydrogens (tertiary/aromatic N) is 3. The van der Waals surface area contributed by atoms with Crippen LogP contribution >= 0.6 is 15.9 Å². The van der Waals surface area contributed by atoms with Crippen molar-refractivity contribution in [3.05, 3.63) is 12.3 Å². The second-order valence-electron chi connectivity index (χ2n) is 4.09. The zero-order valence-electron chi connectivity index (χ0n) is 10.6. The van der Waals surface area contributed by atoms with Gasteiger partial charge >= 0.3 is 6.18 Å². The molecule has 108 valence electrons. The van der Waals surface area contributed by atoms with Crippen molar-refractivity contribution in [2.45, 2.75) is 26.1 Å². The van der Waals surface area contributed by atoms with Crippen LogP contribution in [0, 0.1) is 0 Å². The summed E-state index contributed by atoms with van der Waals surface area (Å²) in [6.07, 6.45) is -3.02. The van der Waals surface area contributed by atoms with Gasteiger partial charge in [-0.1, -0.05) is 15.9 Å². The first-order valence-corrected chi connectivity index (χ1v) is 6.81. The van der Waals surface area contributed by atoms with Crippen LogP contribution in [0.3, 0.4) is 0 Å². The number of halogens is 4. The van der Waals surface area contributed by atoms with Crippen molar-refractivity contribution in [3.8, 4) is 5.88 Å². The van der Waals surface area contributed by atoms with E-state index in [4.69, 9.17) is 4.74 Å². The Kier molecular flexibility index (Phi) is 5.84. The van der Waals surface area contributed by atoms with Gasteiger partial charge in [-0.05, 0) is 13.8 Å². The van der Waals surface area contributed by atoms with Crippen LogP contribution in [0.25, 0.3) is 0 Å². The monoisotopic (exact) mass is 341 g/mol. The van der Waals surface area contributed by atoms with Gasteiger partial charge in [0.2, 0.25) is 11.8 Å². The second kappa shape index (κ2) is 6.93. The molecule has 0 spiro atoms. The average molecular weight is 342 g/mol. The SMILES string of the molecule is CC(C)Oc1ccnc(N(CCBr)CC(F)(F)F)n1. The van der Waals surface area contributed by atoms with E-state index in [1.54, 1.807) is 0 Å². The minimum absolute atomic E-state index is 0.00919. The summed E-state index contributed by atoms with van der Waals surface area (Å²) in [5.74, 6) is 0.275. The summed E-state index contributed by atoms with van der Waals surface area (Å²) in [6, 6.07) is 1.52. The van der Waals surface area contributed by atoms with Crippen LogP contribution < -0.4 is 9.64 Å². The fraction of sp³-hybridized carbons (Fsp3) is 0.636. The Bertz CT molecular complexity index is 401. The van der Waals surface area contributed by atoms with E-state index < -0.39 is 12.7 Å². The average Bonchev–Trinajstić information content (AvgIpc) is 2.26. The molecule has 19 heavy (non-hydrogen) atoms. The highest BCUT2D eigenvalue weighted by Gasteiger charge is 2.31. The van der Waals surface area contributed by atoms with Gasteiger partial charge in [-0.3, -0.25) is 0 Å². The number of rotatable bonds is 6. The number of aromatic nitrogens is 2. The fourth-order valence-corrected chi connectivity index (χ4v) is 1.79. The second-order valence-corrected chi connectivity index (χ2v) is 4.88. The van der Waals surface area contributed by atoms with E-state index in [1.807, 2.05) is 13.8 Å². The molecule has 0 aliphatic heterocycles. The Morgan fingerprint density at radius 2 is 2.11 bits per heavy atom. The summed E-state index contributed by atoms with van der Waals surface area (Å²) in [4.78, 5) is 8.91. The van der Waals surface area contributed by atoms with Crippen LogP contribution in [-0.2, 0) is 0 Å². The van der Waals surface area contributed by atoms with Gasteiger partial charge < -0.3 is 9.64 Å². The highest BCUT2D eigenvalue weighted by atomic mass is 79.9. The quantitative estimate of drug-likeness (QED) is 0.745. The first-order valence-electron chi connectivity index (χ1n) is 5.69. The maximum absolute atomic E-state index is 12.5. The lowest BCUT2D eigenvalue weighted by molar-refractivity contribution is -0.119. The molecule has 8 heteroatoms. The predicted molar refractivity (Wildman–Crippen MR) is 69.9 cm³/mol. The first kappa shape index (κ1) is 16.0. The first-order chi connectivity index (χ1) is 8.81. The Morgan fingerprint density at radius 1 is 1.42 bits per heavy atom. The molecule has 1 heterocycles. The van der Waals surface area contributed by atoms with Crippen molar-refractivity contribution in [3.63, 3.8) is 0 Å². The zero-order chi connectivity index (χ0) is 14.5. The van der Waals surface area contributed by atoms with Crippen molar-refractivity contribution in [2.24, 2.45) is 0 Å². The molecule has 1 aromatic heterocycles. The molecule has 1 rings (SSSR count). The van der Waals surface area contributed by atoms with Gasteiger partial charge in [-0.15, -0.1) is 0 Å². The van der Waals surface area contributed by atoms with Crippen molar-refractivity contribution in [1.82, 2.24) is 9.97 Å². The molecule has 0 aliphatic rings. The largest absolute Gasteiger partial charge is 0.475 e. The fourth-order valence-electron chi connectivity index (χ4n) is 1.36. The molecule has 0 atom stereocenters. The van der Waals surface area contributed by atoms with E-state index in [0.29, 0.717) is 5.33 Å². The molecule has 0 N–H and O–H groups in total. The summed E-state index contributed by atoms with van der Waals surface area (Å²) in [7, 11) is 0. The Hall–Kier alpha value is -1.05. The Balaban J connectivity index is 2.89. The summed E-state index contributed by atoms with van der Waals surface area (Å²) in [5.41, 5.74) is 0. The molecule has 0 aromatic carbocycles. The van der Waals surface area contributed by atoms with Gasteiger partial charge in [-0.25, -0.2) is 4.98 Å². The highest BCUT2D eigenvalue weighted by Crippen LogP contribution is 2.21. The van der Waals surface area contributed by atoms with Gasteiger partial charge in [0.1, 0.15) is 6.54 Å². The van der Waals surface area contributed by atoms with Crippen LogP contribution in [0.4, 0.5) is 19.1 Å². The molecule has 0 amide bonds. The third kappa shape index (κ3) is 6.09. The van der Waals surface area contributed by atoms with Gasteiger partial charge in [0, 0.05) is 24.1 Å². The molecule has 0 aliphatic carbocycles. The number of anilines is 1. The van der Waals surface area contributed by atoms with E-state index in [9.17, 15) is 13.2 Å². The minimum Gasteiger partial charge on any atom is -0.475 e. The van der Waals surface area contributed by atoms with Gasteiger partial charge in [0.15, 0.2) is 0 Å². The number of ether oxygens (including phenoxy) is 1. The summed E-state index contributed by atoms with van der Waals surface area (Å²) >= 11 is 3.12. The maximum atomic E-state index is 12.5. The standard InChI is InChI=1S/C11H15BrF3N3O/c1-8(2)19-9-3-5-16-10(17-9)18(6-4-12)7-11(13,14)15/h3,5,8H,4,6-7H2,1-2H3. The van der Waals surface area contributed by atoms with Crippen LogP contribution in [0.1, 0.15) is 13.8 Å². The van der Waals surface area contributed by atoms with E-state index in [0.717, 1.165) is 4.90 Å². The van der Waals surface area contributed by atoms with E-state index in [-0.39, 0.29) is 24.5 Å². The molecule has 1 aromatic rings. The molecule has 0 radical (unpaired) electrons. The molecular formula is C11H15BrF3N3O. The molecule has 0 saturated carbocycles. The van der Waals surface area contributed by atoms with Crippen LogP contribution in [-0.4, -0.2) is 40.7 Å². The molecular weight excluding hydrogens is 327 g/mol. The molecule has 0 bridgehead atoms. The molecule has 0 saturated heterocycles. The van der Waals surface area contributed by atoms with E-state index >= 15 is 0 Å². The maximum Gasteiger partial charge on any atom is 0.406 e. The van der Waals surface area contributed by atoms with Crippen molar-refractivity contribution >= 4 is 21.9 Å². The highest BCUT2D eigenvalue weighted by molar-refractivity contribution is 9.09. The van der Waals surface area contributed by atoms with Crippen LogP contribution in [0.15, 0.2) is 12.3 Å². The predicted octanol–water partition coefficient (Wildman–Crippen LogP) is 3.03. The van der Waals surface area contributed by atoms with Gasteiger partial charge in [0.05, 0.1) is 6.10 Å². The molecule has 0 fully saturated rings. The van der Waals surface area contributed by atoms with Gasteiger partial charge in [0.25, 0.3) is 0 Å². The topological polar surface area (TPSA) is 38.2 Å². The van der Waals surface area contributed by atoms with Crippen molar-refractivity contribution in [2.75, 3.05) is 23.3 Å². The third-order valence-corrected chi connectivity index (χ3v) is 2.34. The molecule has 4 nitrogen and oxygen atoms in total. The molecule has 0 unspecified atom stereocenters. The lowest BCUT2D eigenvalue weighted by Crippen LogP contribution is -2.36. The Morgan fingerprint density at radius 3 is 2.63 bits per heavy atom. The lowest BCUT2D eigenvalue weighted by atomic mass is 10.4. The van der Waals surface area contributed by atoms with Gasteiger partial charge in [-0.2, -0.15) is 18.2 Å². The Labute approximate surface area is 118 Å². The third-order valence-electron chi connectivity index (χ3n) is 1.98. The van der Waals surface area contributed by atoms with E-state index in [2.05, 4.69) is 25.9 Å². The van der Waals surface area contributed by atoms with E-state index in [1.165, 1.54) is 12.3 Å². The number of hydrogen-bond donors (Lipinski definition) is 0. The lowest BCUT2D eigenvalue weighted by Gasteiger charge is -2.23. The number of alkyl halides is 4. The van der Waals surface area contributed by atoms with Crippen LogP contribution in [0.2, 0.25) is 0 Å². The number of hydrogen-bond acceptors (Lipinski definition) is 4. The zero-order valence-corrected chi connectivity index (χ0v) is 12.2. The summed E-state index contributed by atoms with van der Waals surface area (Å²) in [6.45, 7) is 2.69. The van der Waals surface area contributed by atoms with Crippen molar-refractivity contribution in [1.29, 1.82) is 0 Å². The summed E-state index contributed by atoms with van der Waals surface area (Å²) < 4.78 is 42.8. The van der Waals surface area contributed by atoms with Crippen molar-refractivity contribution < 1.29 is 17.9 Å². The normalized spacial score (nSPS) is 11.7. The smallest absolute Gasteiger partial charge is 0.406 e. The summed E-state index contributed by atoms with van der Waals surface area (Å²) in [5, 5.41) is 0.391. The minimum atomic E-state index is -4.31.